The van der Waals surface area contributed by atoms with Crippen LogP contribution in [0.4, 0.5) is 5.82 Å². The van der Waals surface area contributed by atoms with Gasteiger partial charge in [0.25, 0.3) is 0 Å². The van der Waals surface area contributed by atoms with Crippen LogP contribution in [-0.2, 0) is 6.54 Å². The van der Waals surface area contributed by atoms with Crippen molar-refractivity contribution in [3.05, 3.63) is 11.8 Å². The lowest BCUT2D eigenvalue weighted by molar-refractivity contribution is 0.475. The van der Waals surface area contributed by atoms with Gasteiger partial charge in [-0.3, -0.25) is 4.68 Å². The zero-order valence-corrected chi connectivity index (χ0v) is 9.67. The highest BCUT2D eigenvalue weighted by molar-refractivity contribution is 5.35. The molecule has 3 heteroatoms. The first-order chi connectivity index (χ1) is 6.63. The quantitative estimate of drug-likeness (QED) is 0.782. The molecule has 14 heavy (non-hydrogen) atoms. The Hall–Kier alpha value is -0.990. The smallest absolute Gasteiger partial charge is 0.148 e. The van der Waals surface area contributed by atoms with Gasteiger partial charge in [-0.05, 0) is 19.3 Å². The van der Waals surface area contributed by atoms with Crippen LogP contribution in [0.15, 0.2) is 6.07 Å². The molecule has 0 aliphatic rings. The van der Waals surface area contributed by atoms with E-state index in [1.54, 1.807) is 0 Å². The number of rotatable bonds is 5. The maximum atomic E-state index is 4.49. The minimum Gasteiger partial charge on any atom is -0.369 e. The first kappa shape index (κ1) is 11.1. The van der Waals surface area contributed by atoms with E-state index in [2.05, 4.69) is 48.9 Å². The molecular weight excluding hydrogens is 174 g/mol. The highest BCUT2D eigenvalue weighted by Crippen LogP contribution is 2.10. The van der Waals surface area contributed by atoms with Gasteiger partial charge >= 0.3 is 0 Å². The van der Waals surface area contributed by atoms with Crippen molar-refractivity contribution in [3.63, 3.8) is 0 Å². The Balaban J connectivity index is 2.62. The average molecular weight is 195 g/mol. The van der Waals surface area contributed by atoms with Gasteiger partial charge in [-0.15, -0.1) is 0 Å². The number of anilines is 1. The van der Waals surface area contributed by atoms with E-state index in [0.29, 0.717) is 5.92 Å². The lowest BCUT2D eigenvalue weighted by Crippen LogP contribution is -2.08. The number of nitrogens with zero attached hydrogens (tertiary/aromatic N) is 2. The Morgan fingerprint density at radius 3 is 2.79 bits per heavy atom. The maximum absolute atomic E-state index is 4.49. The van der Waals surface area contributed by atoms with E-state index in [-0.39, 0.29) is 0 Å². The van der Waals surface area contributed by atoms with Crippen LogP contribution in [0.5, 0.6) is 0 Å². The summed E-state index contributed by atoms with van der Waals surface area (Å²) in [5.74, 6) is 1.65. The van der Waals surface area contributed by atoms with Crippen LogP contribution < -0.4 is 5.32 Å². The Morgan fingerprint density at radius 1 is 1.50 bits per heavy atom. The number of hydrogen-bond acceptors (Lipinski definition) is 2. The molecule has 0 radical (unpaired) electrons. The molecule has 0 aliphatic heterocycles. The van der Waals surface area contributed by atoms with E-state index < -0.39 is 0 Å². The highest BCUT2D eigenvalue weighted by atomic mass is 15.3. The summed E-state index contributed by atoms with van der Waals surface area (Å²) in [6, 6.07) is 2.11. The van der Waals surface area contributed by atoms with Gasteiger partial charge < -0.3 is 5.32 Å². The van der Waals surface area contributed by atoms with Crippen LogP contribution in [0.25, 0.3) is 0 Å². The fourth-order valence-corrected chi connectivity index (χ4v) is 1.38. The lowest BCUT2D eigenvalue weighted by atomic mass is 10.2. The summed E-state index contributed by atoms with van der Waals surface area (Å²) in [7, 11) is 0. The molecule has 1 aromatic heterocycles. The SMILES string of the molecule is CCCNc1cc(C)n(CC(C)C)n1. The average Bonchev–Trinajstić information content (AvgIpc) is 2.43. The first-order valence-electron chi connectivity index (χ1n) is 5.41. The second kappa shape index (κ2) is 5.03. The molecule has 0 saturated heterocycles. The Bertz CT molecular complexity index is 276. The number of aromatic nitrogens is 2. The minimum atomic E-state index is 0.646. The van der Waals surface area contributed by atoms with Crippen molar-refractivity contribution in [2.24, 2.45) is 5.92 Å². The van der Waals surface area contributed by atoms with Crippen molar-refractivity contribution in [2.45, 2.75) is 40.7 Å². The minimum absolute atomic E-state index is 0.646. The van der Waals surface area contributed by atoms with Gasteiger partial charge in [-0.1, -0.05) is 20.8 Å². The predicted octanol–water partition coefficient (Wildman–Crippen LogP) is 2.67. The monoisotopic (exact) mass is 195 g/mol. The third-order valence-electron chi connectivity index (χ3n) is 2.08. The summed E-state index contributed by atoms with van der Waals surface area (Å²) < 4.78 is 2.07. The Morgan fingerprint density at radius 2 is 2.21 bits per heavy atom. The molecular formula is C11H21N3. The molecule has 0 spiro atoms. The number of nitrogens with one attached hydrogen (secondary N) is 1. The lowest BCUT2D eigenvalue weighted by Gasteiger charge is -2.06. The molecule has 1 aromatic rings. The Labute approximate surface area is 86.5 Å². The zero-order chi connectivity index (χ0) is 10.6. The van der Waals surface area contributed by atoms with Crippen molar-refractivity contribution < 1.29 is 0 Å². The third-order valence-corrected chi connectivity index (χ3v) is 2.08. The van der Waals surface area contributed by atoms with Crippen molar-refractivity contribution in [3.8, 4) is 0 Å². The van der Waals surface area contributed by atoms with Gasteiger partial charge in [-0.2, -0.15) is 5.10 Å². The molecule has 0 atom stereocenters. The normalized spacial score (nSPS) is 10.9. The molecule has 0 fully saturated rings. The van der Waals surface area contributed by atoms with E-state index in [0.717, 1.165) is 25.3 Å². The molecule has 0 aromatic carbocycles. The topological polar surface area (TPSA) is 29.9 Å². The Kier molecular flexibility index (Phi) is 3.98. The van der Waals surface area contributed by atoms with Crippen LogP contribution in [0.1, 0.15) is 32.9 Å². The van der Waals surface area contributed by atoms with Gasteiger partial charge in [0.1, 0.15) is 5.82 Å². The van der Waals surface area contributed by atoms with Gasteiger partial charge in [0.2, 0.25) is 0 Å². The fraction of sp³-hybridized carbons (Fsp3) is 0.727. The van der Waals surface area contributed by atoms with Crippen molar-refractivity contribution in [2.75, 3.05) is 11.9 Å². The number of aryl methyl sites for hydroxylation is 1. The summed E-state index contributed by atoms with van der Waals surface area (Å²) in [6.45, 7) is 10.7. The van der Waals surface area contributed by atoms with Crippen molar-refractivity contribution in [1.29, 1.82) is 0 Å². The van der Waals surface area contributed by atoms with E-state index in [1.165, 1.54) is 5.69 Å². The van der Waals surface area contributed by atoms with Gasteiger partial charge in [0, 0.05) is 24.8 Å². The molecule has 1 heterocycles. The van der Waals surface area contributed by atoms with Crippen LogP contribution in [0.3, 0.4) is 0 Å². The second-order valence-corrected chi connectivity index (χ2v) is 4.17. The number of hydrogen-bond donors (Lipinski definition) is 1. The van der Waals surface area contributed by atoms with Crippen LogP contribution in [-0.4, -0.2) is 16.3 Å². The molecule has 0 aliphatic carbocycles. The molecule has 0 unspecified atom stereocenters. The molecule has 1 rings (SSSR count). The summed E-state index contributed by atoms with van der Waals surface area (Å²) >= 11 is 0. The van der Waals surface area contributed by atoms with Crippen LogP contribution >= 0.6 is 0 Å². The van der Waals surface area contributed by atoms with E-state index >= 15 is 0 Å². The van der Waals surface area contributed by atoms with Crippen molar-refractivity contribution >= 4 is 5.82 Å². The largest absolute Gasteiger partial charge is 0.369 e. The second-order valence-electron chi connectivity index (χ2n) is 4.17. The predicted molar refractivity (Wildman–Crippen MR) is 60.6 cm³/mol. The standard InChI is InChI=1S/C11H21N3/c1-5-6-12-11-7-10(4)14(13-11)8-9(2)3/h7,9H,5-6,8H2,1-4H3,(H,12,13). The van der Waals surface area contributed by atoms with E-state index in [4.69, 9.17) is 0 Å². The van der Waals surface area contributed by atoms with Crippen LogP contribution in [0.2, 0.25) is 0 Å². The van der Waals surface area contributed by atoms with Gasteiger partial charge in [0.05, 0.1) is 0 Å². The zero-order valence-electron chi connectivity index (χ0n) is 9.67. The summed E-state index contributed by atoms with van der Waals surface area (Å²) in [4.78, 5) is 0. The summed E-state index contributed by atoms with van der Waals surface area (Å²) in [6.07, 6.45) is 1.14. The molecule has 0 amide bonds. The molecule has 80 valence electrons. The summed E-state index contributed by atoms with van der Waals surface area (Å²) in [5.41, 5.74) is 1.23. The molecule has 0 bridgehead atoms. The third kappa shape index (κ3) is 3.05. The maximum Gasteiger partial charge on any atom is 0.148 e. The highest BCUT2D eigenvalue weighted by Gasteiger charge is 2.04. The molecule has 3 nitrogen and oxygen atoms in total. The van der Waals surface area contributed by atoms with Crippen LogP contribution in [0, 0.1) is 12.8 Å². The van der Waals surface area contributed by atoms with Gasteiger partial charge in [0.15, 0.2) is 0 Å². The summed E-state index contributed by atoms with van der Waals surface area (Å²) in [5, 5.41) is 7.79. The van der Waals surface area contributed by atoms with Crippen molar-refractivity contribution in [1.82, 2.24) is 9.78 Å². The fourth-order valence-electron chi connectivity index (χ4n) is 1.38. The van der Waals surface area contributed by atoms with E-state index in [1.807, 2.05) is 0 Å². The van der Waals surface area contributed by atoms with E-state index in [9.17, 15) is 0 Å². The molecule has 0 saturated carbocycles. The molecule has 1 N–H and O–H groups in total. The van der Waals surface area contributed by atoms with Gasteiger partial charge in [-0.25, -0.2) is 0 Å². The first-order valence-corrected chi connectivity index (χ1v) is 5.41.